The lowest BCUT2D eigenvalue weighted by Crippen LogP contribution is -2.02. The van der Waals surface area contributed by atoms with Crippen molar-refractivity contribution >= 4 is 11.6 Å². The van der Waals surface area contributed by atoms with E-state index in [0.717, 1.165) is 5.56 Å². The molecular formula is C14H12ClFO. The maximum Gasteiger partial charge on any atom is 0.145 e. The molecule has 0 radical (unpaired) electrons. The zero-order chi connectivity index (χ0) is 12.3. The van der Waals surface area contributed by atoms with Crippen LogP contribution in [0.1, 0.15) is 18.6 Å². The van der Waals surface area contributed by atoms with Gasteiger partial charge in [-0.3, -0.25) is 0 Å². The van der Waals surface area contributed by atoms with E-state index in [1.807, 2.05) is 37.3 Å². The molecule has 0 spiro atoms. The molecular weight excluding hydrogens is 239 g/mol. The molecule has 17 heavy (non-hydrogen) atoms. The van der Waals surface area contributed by atoms with Gasteiger partial charge in [0.2, 0.25) is 0 Å². The van der Waals surface area contributed by atoms with Crippen molar-refractivity contribution in [3.05, 3.63) is 64.9 Å². The second-order valence-electron chi connectivity index (χ2n) is 3.75. The van der Waals surface area contributed by atoms with E-state index in [-0.39, 0.29) is 11.1 Å². The number of halogens is 2. The molecule has 0 heterocycles. The van der Waals surface area contributed by atoms with Gasteiger partial charge in [0.1, 0.15) is 17.7 Å². The van der Waals surface area contributed by atoms with Crippen LogP contribution in [0.3, 0.4) is 0 Å². The first-order chi connectivity index (χ1) is 8.16. The normalized spacial score (nSPS) is 12.2. The molecule has 0 aliphatic heterocycles. The fourth-order valence-corrected chi connectivity index (χ4v) is 1.66. The molecule has 0 amide bonds. The Hall–Kier alpha value is -1.54. The Morgan fingerprint density at radius 1 is 1.12 bits per heavy atom. The van der Waals surface area contributed by atoms with Crippen LogP contribution in [0.4, 0.5) is 4.39 Å². The minimum Gasteiger partial charge on any atom is -0.486 e. The average molecular weight is 251 g/mol. The second kappa shape index (κ2) is 5.19. The molecule has 0 N–H and O–H groups in total. The van der Waals surface area contributed by atoms with Crippen LogP contribution >= 0.6 is 11.6 Å². The summed E-state index contributed by atoms with van der Waals surface area (Å²) in [7, 11) is 0. The molecule has 0 bridgehead atoms. The summed E-state index contributed by atoms with van der Waals surface area (Å²) in [6.07, 6.45) is -0.128. The van der Waals surface area contributed by atoms with Crippen LogP contribution in [0, 0.1) is 5.82 Å². The van der Waals surface area contributed by atoms with E-state index in [1.165, 1.54) is 12.1 Å². The predicted molar refractivity (Wildman–Crippen MR) is 66.9 cm³/mol. The molecule has 2 aromatic rings. The third-order valence-corrected chi connectivity index (χ3v) is 2.78. The van der Waals surface area contributed by atoms with Gasteiger partial charge in [-0.2, -0.15) is 0 Å². The minimum atomic E-state index is -0.468. The maximum atomic E-state index is 13.2. The monoisotopic (exact) mass is 250 g/mol. The third kappa shape index (κ3) is 2.98. The summed E-state index contributed by atoms with van der Waals surface area (Å²) in [5, 5.41) is 0.102. The highest BCUT2D eigenvalue weighted by molar-refractivity contribution is 6.30. The van der Waals surface area contributed by atoms with Gasteiger partial charge in [0.05, 0.1) is 5.02 Å². The molecule has 3 heteroatoms. The lowest BCUT2D eigenvalue weighted by molar-refractivity contribution is 0.226. The number of ether oxygens (including phenoxy) is 1. The van der Waals surface area contributed by atoms with Gasteiger partial charge in [0, 0.05) is 6.07 Å². The van der Waals surface area contributed by atoms with Crippen molar-refractivity contribution in [1.82, 2.24) is 0 Å². The highest BCUT2D eigenvalue weighted by Gasteiger charge is 2.08. The lowest BCUT2D eigenvalue weighted by atomic mass is 10.1. The first-order valence-corrected chi connectivity index (χ1v) is 5.71. The summed E-state index contributed by atoms with van der Waals surface area (Å²) in [5.41, 5.74) is 1.04. The summed E-state index contributed by atoms with van der Waals surface area (Å²) >= 11 is 5.60. The molecule has 0 fully saturated rings. The second-order valence-corrected chi connectivity index (χ2v) is 4.15. The molecule has 1 nitrogen and oxygen atoms in total. The Labute approximate surface area is 105 Å². The van der Waals surface area contributed by atoms with Gasteiger partial charge in [-0.1, -0.05) is 41.9 Å². The molecule has 2 aromatic carbocycles. The molecule has 0 aliphatic carbocycles. The van der Waals surface area contributed by atoms with Gasteiger partial charge in [-0.15, -0.1) is 0 Å². The van der Waals surface area contributed by atoms with Gasteiger partial charge in [-0.05, 0) is 24.6 Å². The van der Waals surface area contributed by atoms with Crippen LogP contribution in [-0.4, -0.2) is 0 Å². The Kier molecular flexibility index (Phi) is 3.64. The molecule has 0 saturated carbocycles. The molecule has 0 saturated heterocycles. The van der Waals surface area contributed by atoms with Crippen LogP contribution in [0.2, 0.25) is 5.02 Å². The highest BCUT2D eigenvalue weighted by atomic mass is 35.5. The van der Waals surface area contributed by atoms with Crippen molar-refractivity contribution < 1.29 is 9.13 Å². The SMILES string of the molecule is CC(Oc1ccc(Cl)c(F)c1)c1ccccc1. The highest BCUT2D eigenvalue weighted by Crippen LogP contribution is 2.25. The fraction of sp³-hybridized carbons (Fsp3) is 0.143. The zero-order valence-corrected chi connectivity index (χ0v) is 10.1. The number of benzene rings is 2. The number of hydrogen-bond donors (Lipinski definition) is 0. The lowest BCUT2D eigenvalue weighted by Gasteiger charge is -2.15. The first-order valence-electron chi connectivity index (χ1n) is 5.33. The summed E-state index contributed by atoms with van der Waals surface area (Å²) in [6, 6.07) is 14.2. The van der Waals surface area contributed by atoms with Crippen molar-refractivity contribution in [2.75, 3.05) is 0 Å². The summed E-state index contributed by atoms with van der Waals surface area (Å²) in [6.45, 7) is 1.92. The minimum absolute atomic E-state index is 0.102. The maximum absolute atomic E-state index is 13.2. The van der Waals surface area contributed by atoms with E-state index in [4.69, 9.17) is 16.3 Å². The van der Waals surface area contributed by atoms with Crippen molar-refractivity contribution in [3.8, 4) is 5.75 Å². The Morgan fingerprint density at radius 3 is 2.47 bits per heavy atom. The quantitative estimate of drug-likeness (QED) is 0.772. The van der Waals surface area contributed by atoms with Gasteiger partial charge in [0.25, 0.3) is 0 Å². The van der Waals surface area contributed by atoms with Crippen molar-refractivity contribution in [1.29, 1.82) is 0 Å². The standard InChI is InChI=1S/C14H12ClFO/c1-10(11-5-3-2-4-6-11)17-12-7-8-13(15)14(16)9-12/h2-10H,1H3. The summed E-state index contributed by atoms with van der Waals surface area (Å²) in [4.78, 5) is 0. The number of rotatable bonds is 3. The smallest absolute Gasteiger partial charge is 0.145 e. The average Bonchev–Trinajstić information content (AvgIpc) is 2.35. The predicted octanol–water partition coefficient (Wildman–Crippen LogP) is 4.62. The van der Waals surface area contributed by atoms with Crippen LogP contribution in [0.5, 0.6) is 5.75 Å². The Bertz CT molecular complexity index is 499. The molecule has 2 rings (SSSR count). The van der Waals surface area contributed by atoms with Crippen LogP contribution in [0.25, 0.3) is 0 Å². The van der Waals surface area contributed by atoms with E-state index >= 15 is 0 Å². The van der Waals surface area contributed by atoms with E-state index in [0.29, 0.717) is 5.75 Å². The first kappa shape index (κ1) is 11.9. The van der Waals surface area contributed by atoms with E-state index < -0.39 is 5.82 Å². The van der Waals surface area contributed by atoms with Gasteiger partial charge in [-0.25, -0.2) is 4.39 Å². The third-order valence-electron chi connectivity index (χ3n) is 2.47. The van der Waals surface area contributed by atoms with E-state index in [9.17, 15) is 4.39 Å². The molecule has 88 valence electrons. The van der Waals surface area contributed by atoms with Crippen LogP contribution < -0.4 is 4.74 Å². The van der Waals surface area contributed by atoms with Crippen molar-refractivity contribution in [2.45, 2.75) is 13.0 Å². The fourth-order valence-electron chi connectivity index (χ4n) is 1.55. The molecule has 1 atom stereocenters. The largest absolute Gasteiger partial charge is 0.486 e. The van der Waals surface area contributed by atoms with Gasteiger partial charge in [0.15, 0.2) is 0 Å². The topological polar surface area (TPSA) is 9.23 Å². The molecule has 0 aromatic heterocycles. The zero-order valence-electron chi connectivity index (χ0n) is 9.36. The molecule has 0 aliphatic rings. The molecule has 1 unspecified atom stereocenters. The van der Waals surface area contributed by atoms with Crippen LogP contribution in [0.15, 0.2) is 48.5 Å². The number of hydrogen-bond acceptors (Lipinski definition) is 1. The Morgan fingerprint density at radius 2 is 1.82 bits per heavy atom. The van der Waals surface area contributed by atoms with Crippen LogP contribution in [-0.2, 0) is 0 Å². The van der Waals surface area contributed by atoms with E-state index in [2.05, 4.69) is 0 Å². The van der Waals surface area contributed by atoms with Gasteiger partial charge >= 0.3 is 0 Å². The van der Waals surface area contributed by atoms with E-state index in [1.54, 1.807) is 6.07 Å². The summed E-state index contributed by atoms with van der Waals surface area (Å²) < 4.78 is 18.9. The van der Waals surface area contributed by atoms with Gasteiger partial charge < -0.3 is 4.74 Å². The van der Waals surface area contributed by atoms with Crippen molar-refractivity contribution in [3.63, 3.8) is 0 Å². The summed E-state index contributed by atoms with van der Waals surface area (Å²) in [5.74, 6) is 0.00711. The van der Waals surface area contributed by atoms with Crippen molar-refractivity contribution in [2.24, 2.45) is 0 Å². The Balaban J connectivity index is 2.13.